The Morgan fingerprint density at radius 3 is 2.76 bits per heavy atom. The van der Waals surface area contributed by atoms with E-state index < -0.39 is 48.1 Å². The lowest BCUT2D eigenvalue weighted by Gasteiger charge is -2.43. The second-order valence-electron chi connectivity index (χ2n) is 9.44. The van der Waals surface area contributed by atoms with E-state index in [0.717, 1.165) is 5.39 Å². The summed E-state index contributed by atoms with van der Waals surface area (Å²) >= 11 is 0. The van der Waals surface area contributed by atoms with Gasteiger partial charge in [-0.25, -0.2) is 5.01 Å². The molecule has 4 heterocycles. The molecule has 0 radical (unpaired) electrons. The number of amides is 4. The van der Waals surface area contributed by atoms with Crippen molar-refractivity contribution in [2.24, 2.45) is 0 Å². The summed E-state index contributed by atoms with van der Waals surface area (Å²) in [6.07, 6.45) is 1.49. The molecule has 38 heavy (non-hydrogen) atoms. The fourth-order valence-electron chi connectivity index (χ4n) is 5.18. The fourth-order valence-corrected chi connectivity index (χ4v) is 5.18. The number of ether oxygens (including phenoxy) is 2. The summed E-state index contributed by atoms with van der Waals surface area (Å²) in [5.41, 5.74) is 0.170. The van der Waals surface area contributed by atoms with E-state index in [1.54, 1.807) is 25.1 Å². The molecule has 3 saturated heterocycles. The second kappa shape index (κ2) is 10.7. The minimum absolute atomic E-state index is 0.0296. The van der Waals surface area contributed by atoms with E-state index in [4.69, 9.17) is 9.47 Å². The smallest absolute Gasteiger partial charge is 0.310 e. The molecule has 4 amide bonds. The third kappa shape index (κ3) is 4.91. The molecule has 12 heteroatoms. The van der Waals surface area contributed by atoms with E-state index in [2.05, 4.69) is 15.6 Å². The minimum atomic E-state index is -1.03. The lowest BCUT2D eigenvalue weighted by atomic mass is 10.0. The molecule has 5 rings (SSSR count). The molecule has 2 aromatic rings. The number of fused-ring (bicyclic) bond motifs is 2. The highest BCUT2D eigenvalue weighted by Crippen LogP contribution is 2.26. The van der Waals surface area contributed by atoms with Gasteiger partial charge in [0, 0.05) is 31.2 Å². The maximum Gasteiger partial charge on any atom is 0.310 e. The number of hydrazine groups is 1. The molecule has 3 aliphatic heterocycles. The molecule has 0 bridgehead atoms. The molecule has 12 nitrogen and oxygen atoms in total. The van der Waals surface area contributed by atoms with E-state index in [1.807, 2.05) is 12.1 Å². The quantitative estimate of drug-likeness (QED) is 0.525. The number of nitrogens with zero attached hydrogens (tertiary/aromatic N) is 3. The number of aromatic nitrogens is 1. The van der Waals surface area contributed by atoms with Gasteiger partial charge in [-0.3, -0.25) is 34.0 Å². The molecule has 3 aliphatic rings. The van der Waals surface area contributed by atoms with Gasteiger partial charge in [-0.05, 0) is 37.6 Å². The molecule has 0 saturated carbocycles. The third-order valence-electron chi connectivity index (χ3n) is 6.98. The number of hydrogen-bond donors (Lipinski definition) is 2. The van der Waals surface area contributed by atoms with Gasteiger partial charge in [0.25, 0.3) is 11.8 Å². The first-order valence-electron chi connectivity index (χ1n) is 12.8. The molecule has 3 fully saturated rings. The van der Waals surface area contributed by atoms with E-state index in [1.165, 1.54) is 16.2 Å². The number of benzene rings is 1. The average molecular weight is 524 g/mol. The van der Waals surface area contributed by atoms with Crippen molar-refractivity contribution in [3.63, 3.8) is 0 Å². The Kier molecular flexibility index (Phi) is 7.23. The van der Waals surface area contributed by atoms with Crippen LogP contribution in [0.4, 0.5) is 0 Å². The third-order valence-corrected chi connectivity index (χ3v) is 6.98. The molecule has 0 spiro atoms. The summed E-state index contributed by atoms with van der Waals surface area (Å²) in [6, 6.07) is 6.33. The van der Waals surface area contributed by atoms with E-state index in [9.17, 15) is 24.0 Å². The van der Waals surface area contributed by atoms with Crippen molar-refractivity contribution < 1.29 is 33.4 Å². The Hall–Kier alpha value is -4.06. The standard InChI is InChI=1S/C26H29N5O7/c1-2-37-26-18(14-21(33)38-26)29-23(34)19-8-5-13-30-20(32)10-9-17(25(36)31(19)30)28-24(35)22-16-7-4-3-6-15(16)11-12-27-22/h3-4,6-7,11-12,17-19,26H,2,5,8-10,13-14H2,1H3,(H,28,35)(H,29,34)/t17-,18-,19+,26+/m0/s1. The van der Waals surface area contributed by atoms with Crippen LogP contribution in [0.25, 0.3) is 10.8 Å². The number of carbonyl (C=O) groups excluding carboxylic acids is 5. The summed E-state index contributed by atoms with van der Waals surface area (Å²) in [6.45, 7) is 2.31. The monoisotopic (exact) mass is 523 g/mol. The van der Waals surface area contributed by atoms with Crippen LogP contribution in [0.5, 0.6) is 0 Å². The Balaban J connectivity index is 1.36. The Morgan fingerprint density at radius 2 is 1.95 bits per heavy atom. The van der Waals surface area contributed by atoms with Crippen molar-refractivity contribution >= 4 is 40.4 Å². The van der Waals surface area contributed by atoms with Crippen LogP contribution in [0.1, 0.15) is 49.5 Å². The molecule has 1 aromatic heterocycles. The zero-order valence-electron chi connectivity index (χ0n) is 20.9. The summed E-state index contributed by atoms with van der Waals surface area (Å²) in [5, 5.41) is 9.45. The Labute approximate surface area is 218 Å². The molecule has 200 valence electrons. The van der Waals surface area contributed by atoms with Crippen molar-refractivity contribution in [3.05, 3.63) is 42.2 Å². The number of esters is 1. The van der Waals surface area contributed by atoms with Crippen LogP contribution in [0.15, 0.2) is 36.5 Å². The number of hydrogen-bond acceptors (Lipinski definition) is 8. The van der Waals surface area contributed by atoms with Crippen molar-refractivity contribution in [1.82, 2.24) is 25.6 Å². The zero-order chi connectivity index (χ0) is 26.8. The second-order valence-corrected chi connectivity index (χ2v) is 9.44. The van der Waals surface area contributed by atoms with Crippen LogP contribution >= 0.6 is 0 Å². The normalized spacial score (nSPS) is 25.6. The van der Waals surface area contributed by atoms with Gasteiger partial charge in [-0.15, -0.1) is 0 Å². The first-order chi connectivity index (χ1) is 18.4. The molecule has 1 aromatic carbocycles. The van der Waals surface area contributed by atoms with Crippen LogP contribution < -0.4 is 10.6 Å². The largest absolute Gasteiger partial charge is 0.433 e. The van der Waals surface area contributed by atoms with Crippen molar-refractivity contribution in [3.8, 4) is 0 Å². The number of pyridine rings is 1. The highest BCUT2D eigenvalue weighted by atomic mass is 16.7. The maximum atomic E-state index is 13.7. The lowest BCUT2D eigenvalue weighted by Crippen LogP contribution is -2.64. The number of cyclic esters (lactones) is 1. The van der Waals surface area contributed by atoms with Gasteiger partial charge in [0.1, 0.15) is 23.8 Å². The molecular weight excluding hydrogens is 494 g/mol. The Bertz CT molecular complexity index is 1280. The predicted molar refractivity (Wildman–Crippen MR) is 132 cm³/mol. The maximum absolute atomic E-state index is 13.7. The summed E-state index contributed by atoms with van der Waals surface area (Å²) in [7, 11) is 0. The highest BCUT2D eigenvalue weighted by molar-refractivity contribution is 6.06. The number of nitrogens with one attached hydrogen (secondary N) is 2. The summed E-state index contributed by atoms with van der Waals surface area (Å²) < 4.78 is 10.5. The van der Waals surface area contributed by atoms with Crippen LogP contribution in [0, 0.1) is 0 Å². The summed E-state index contributed by atoms with van der Waals surface area (Å²) in [5.74, 6) is -2.41. The van der Waals surface area contributed by atoms with Gasteiger partial charge in [-0.2, -0.15) is 0 Å². The van der Waals surface area contributed by atoms with Gasteiger partial charge in [-0.1, -0.05) is 24.3 Å². The molecular formula is C26H29N5O7. The first kappa shape index (κ1) is 25.6. The van der Waals surface area contributed by atoms with Gasteiger partial charge < -0.3 is 20.1 Å². The molecule has 0 aliphatic carbocycles. The lowest BCUT2D eigenvalue weighted by molar-refractivity contribution is -0.177. The summed E-state index contributed by atoms with van der Waals surface area (Å²) in [4.78, 5) is 69.3. The molecule has 2 N–H and O–H groups in total. The van der Waals surface area contributed by atoms with Gasteiger partial charge in [0.2, 0.25) is 18.1 Å². The Morgan fingerprint density at radius 1 is 1.13 bits per heavy atom. The van der Waals surface area contributed by atoms with Crippen molar-refractivity contribution in [2.75, 3.05) is 13.2 Å². The van der Waals surface area contributed by atoms with Crippen LogP contribution in [-0.4, -0.2) is 82.2 Å². The van der Waals surface area contributed by atoms with Crippen molar-refractivity contribution in [2.45, 2.75) is 63.4 Å². The fraction of sp³-hybridized carbons (Fsp3) is 0.462. The highest BCUT2D eigenvalue weighted by Gasteiger charge is 2.46. The molecule has 4 atom stereocenters. The van der Waals surface area contributed by atoms with E-state index >= 15 is 0 Å². The van der Waals surface area contributed by atoms with Crippen LogP contribution in [0.2, 0.25) is 0 Å². The van der Waals surface area contributed by atoms with Gasteiger partial charge >= 0.3 is 5.97 Å². The zero-order valence-corrected chi connectivity index (χ0v) is 20.9. The number of rotatable bonds is 6. The topological polar surface area (TPSA) is 147 Å². The van der Waals surface area contributed by atoms with Gasteiger partial charge in [0.05, 0.1) is 6.42 Å². The van der Waals surface area contributed by atoms with Crippen LogP contribution in [0.3, 0.4) is 0 Å². The van der Waals surface area contributed by atoms with Crippen LogP contribution in [-0.2, 0) is 28.7 Å². The van der Waals surface area contributed by atoms with E-state index in [-0.39, 0.29) is 44.0 Å². The predicted octanol–water partition coefficient (Wildman–Crippen LogP) is 0.656. The van der Waals surface area contributed by atoms with Gasteiger partial charge in [0.15, 0.2) is 0 Å². The average Bonchev–Trinajstić information content (AvgIpc) is 3.21. The minimum Gasteiger partial charge on any atom is -0.433 e. The molecule has 0 unspecified atom stereocenters. The SMILES string of the molecule is CCO[C@@H]1OC(=O)C[C@@H]1NC(=O)[C@H]1CCCN2C(=O)CC[C@H](NC(=O)c3nccc4ccccc34)C(=O)N12. The first-order valence-corrected chi connectivity index (χ1v) is 12.8. The van der Waals surface area contributed by atoms with E-state index in [0.29, 0.717) is 18.2 Å². The number of carbonyl (C=O) groups is 5. The van der Waals surface area contributed by atoms with Crippen molar-refractivity contribution in [1.29, 1.82) is 0 Å².